The van der Waals surface area contributed by atoms with Gasteiger partial charge < -0.3 is 14.8 Å². The van der Waals surface area contributed by atoms with E-state index in [1.165, 1.54) is 12.1 Å². The van der Waals surface area contributed by atoms with Gasteiger partial charge in [-0.3, -0.25) is 19.7 Å². The Morgan fingerprint density at radius 1 is 1.55 bits per heavy atom. The molecule has 0 radical (unpaired) electrons. The summed E-state index contributed by atoms with van der Waals surface area (Å²) in [6, 6.07) is 3.62. The molecule has 8 heteroatoms. The summed E-state index contributed by atoms with van der Waals surface area (Å²) in [4.78, 5) is 32.6. The third kappa shape index (κ3) is 4.26. The van der Waals surface area contributed by atoms with E-state index in [-0.39, 0.29) is 35.6 Å². The normalized spacial score (nSPS) is 17.0. The average molecular weight is 308 g/mol. The smallest absolute Gasteiger partial charge is 0.270 e. The molecule has 1 saturated heterocycles. The van der Waals surface area contributed by atoms with Crippen LogP contribution < -0.4 is 10.1 Å². The number of aldehydes is 1. The van der Waals surface area contributed by atoms with Gasteiger partial charge in [0.1, 0.15) is 5.75 Å². The minimum atomic E-state index is -0.606. The number of nitrogens with one attached hydrogen (secondary N) is 1. The Kier molecular flexibility index (Phi) is 5.42. The van der Waals surface area contributed by atoms with Gasteiger partial charge >= 0.3 is 0 Å². The van der Waals surface area contributed by atoms with E-state index in [2.05, 4.69) is 5.32 Å². The molecule has 0 saturated carbocycles. The second-order valence-corrected chi connectivity index (χ2v) is 4.82. The number of ether oxygens (including phenoxy) is 2. The lowest BCUT2D eigenvalue weighted by Crippen LogP contribution is -2.35. The van der Waals surface area contributed by atoms with Gasteiger partial charge in [0.25, 0.3) is 11.6 Å². The molecule has 0 aromatic heterocycles. The van der Waals surface area contributed by atoms with Crippen LogP contribution in [-0.4, -0.2) is 43.0 Å². The standard InChI is InChI=1S/C14H16N2O6/c17-8-10-6-11(16(19)20)3-4-13(10)22-9-14(18)15-7-12-2-1-5-21-12/h3-4,6,8,12H,1-2,5,7,9H2,(H,15,18)/t12-/m1/s1. The Morgan fingerprint density at radius 3 is 3.00 bits per heavy atom. The third-order valence-corrected chi connectivity index (χ3v) is 3.24. The van der Waals surface area contributed by atoms with E-state index in [9.17, 15) is 19.7 Å². The molecule has 1 heterocycles. The number of non-ortho nitro benzene ring substituents is 1. The fourth-order valence-electron chi connectivity index (χ4n) is 2.10. The van der Waals surface area contributed by atoms with Gasteiger partial charge in [0.05, 0.1) is 16.6 Å². The summed E-state index contributed by atoms with van der Waals surface area (Å²) in [5.74, 6) is -0.210. The molecule has 0 spiro atoms. The SMILES string of the molecule is O=Cc1cc([N+](=O)[O-])ccc1OCC(=O)NC[C@H]1CCCO1. The van der Waals surface area contributed by atoms with Gasteiger partial charge in [-0.25, -0.2) is 0 Å². The predicted molar refractivity (Wildman–Crippen MR) is 76.0 cm³/mol. The summed E-state index contributed by atoms with van der Waals surface area (Å²) >= 11 is 0. The first-order valence-electron chi connectivity index (χ1n) is 6.85. The maximum Gasteiger partial charge on any atom is 0.270 e. The molecule has 1 fully saturated rings. The molecule has 8 nitrogen and oxygen atoms in total. The molecule has 1 aromatic rings. The first-order chi connectivity index (χ1) is 10.6. The van der Waals surface area contributed by atoms with Gasteiger partial charge in [-0.15, -0.1) is 0 Å². The summed E-state index contributed by atoms with van der Waals surface area (Å²) in [6.07, 6.45) is 2.39. The van der Waals surface area contributed by atoms with Crippen molar-refractivity contribution in [2.45, 2.75) is 18.9 Å². The molecule has 1 amide bonds. The number of benzene rings is 1. The first kappa shape index (κ1) is 15.9. The Morgan fingerprint density at radius 2 is 2.36 bits per heavy atom. The second kappa shape index (κ2) is 7.51. The molecule has 118 valence electrons. The number of hydrogen-bond donors (Lipinski definition) is 1. The van der Waals surface area contributed by atoms with Gasteiger partial charge in [-0.1, -0.05) is 0 Å². The van der Waals surface area contributed by atoms with E-state index in [4.69, 9.17) is 9.47 Å². The van der Waals surface area contributed by atoms with E-state index < -0.39 is 4.92 Å². The van der Waals surface area contributed by atoms with Crippen LogP contribution >= 0.6 is 0 Å². The third-order valence-electron chi connectivity index (χ3n) is 3.24. The molecule has 1 aromatic carbocycles. The number of amides is 1. The molecule has 2 rings (SSSR count). The van der Waals surface area contributed by atoms with E-state index in [1.807, 2.05) is 0 Å². The number of nitro benzene ring substituents is 1. The summed E-state index contributed by atoms with van der Waals surface area (Å²) in [6.45, 7) is 0.858. The highest BCUT2D eigenvalue weighted by molar-refractivity contribution is 5.81. The minimum Gasteiger partial charge on any atom is -0.483 e. The topological polar surface area (TPSA) is 108 Å². The molecule has 22 heavy (non-hydrogen) atoms. The van der Waals surface area contributed by atoms with Crippen LogP contribution in [0.5, 0.6) is 5.75 Å². The largest absolute Gasteiger partial charge is 0.483 e. The summed E-state index contributed by atoms with van der Waals surface area (Å²) in [5, 5.41) is 13.3. The molecule has 0 bridgehead atoms. The maximum atomic E-state index is 11.7. The Bertz CT molecular complexity index is 568. The van der Waals surface area contributed by atoms with Gasteiger partial charge in [0.15, 0.2) is 12.9 Å². The summed E-state index contributed by atoms with van der Waals surface area (Å²) in [7, 11) is 0. The monoisotopic (exact) mass is 308 g/mol. The number of hydrogen-bond acceptors (Lipinski definition) is 6. The lowest BCUT2D eigenvalue weighted by Gasteiger charge is -2.12. The predicted octanol–water partition coefficient (Wildman–Crippen LogP) is 1.08. The summed E-state index contributed by atoms with van der Waals surface area (Å²) < 4.78 is 10.6. The van der Waals surface area contributed by atoms with Crippen molar-refractivity contribution >= 4 is 17.9 Å². The molecule has 0 unspecified atom stereocenters. The number of nitrogens with zero attached hydrogens (tertiary/aromatic N) is 1. The van der Waals surface area contributed by atoms with Crippen LogP contribution in [0.1, 0.15) is 23.2 Å². The molecule has 1 atom stereocenters. The molecular formula is C14H16N2O6. The van der Waals surface area contributed by atoms with Crippen LogP contribution in [0.4, 0.5) is 5.69 Å². The summed E-state index contributed by atoms with van der Waals surface area (Å²) in [5.41, 5.74) is -0.182. The van der Waals surface area contributed by atoms with Crippen molar-refractivity contribution in [3.8, 4) is 5.75 Å². The highest BCUT2D eigenvalue weighted by Gasteiger charge is 2.17. The molecule has 1 aliphatic heterocycles. The molecule has 1 aliphatic rings. The quantitative estimate of drug-likeness (QED) is 0.459. The van der Waals surface area contributed by atoms with Crippen molar-refractivity contribution in [2.75, 3.05) is 19.8 Å². The van der Waals surface area contributed by atoms with Crippen molar-refractivity contribution in [1.82, 2.24) is 5.32 Å². The number of carbonyl (C=O) groups is 2. The first-order valence-corrected chi connectivity index (χ1v) is 6.85. The van der Waals surface area contributed by atoms with E-state index >= 15 is 0 Å². The van der Waals surface area contributed by atoms with Gasteiger partial charge in [-0.2, -0.15) is 0 Å². The maximum absolute atomic E-state index is 11.7. The van der Waals surface area contributed by atoms with Crippen molar-refractivity contribution < 1.29 is 24.0 Å². The van der Waals surface area contributed by atoms with Crippen molar-refractivity contribution in [3.05, 3.63) is 33.9 Å². The lowest BCUT2D eigenvalue weighted by atomic mass is 10.2. The number of rotatable bonds is 7. The number of carbonyl (C=O) groups excluding carboxylic acids is 2. The second-order valence-electron chi connectivity index (χ2n) is 4.82. The van der Waals surface area contributed by atoms with E-state index in [1.54, 1.807) is 0 Å². The zero-order chi connectivity index (χ0) is 15.9. The fraction of sp³-hybridized carbons (Fsp3) is 0.429. The average Bonchev–Trinajstić information content (AvgIpc) is 3.04. The van der Waals surface area contributed by atoms with Gasteiger partial charge in [0, 0.05) is 25.3 Å². The van der Waals surface area contributed by atoms with Crippen LogP contribution in [-0.2, 0) is 9.53 Å². The van der Waals surface area contributed by atoms with Crippen molar-refractivity contribution in [1.29, 1.82) is 0 Å². The number of nitro groups is 1. The Hall–Kier alpha value is -2.48. The highest BCUT2D eigenvalue weighted by Crippen LogP contribution is 2.22. The zero-order valence-corrected chi connectivity index (χ0v) is 11.8. The molecule has 1 N–H and O–H groups in total. The van der Waals surface area contributed by atoms with Gasteiger partial charge in [0.2, 0.25) is 0 Å². The lowest BCUT2D eigenvalue weighted by molar-refractivity contribution is -0.384. The van der Waals surface area contributed by atoms with Crippen LogP contribution in [0.3, 0.4) is 0 Å². The van der Waals surface area contributed by atoms with Crippen molar-refractivity contribution in [2.24, 2.45) is 0 Å². The van der Waals surface area contributed by atoms with Crippen LogP contribution in [0, 0.1) is 10.1 Å². The van der Waals surface area contributed by atoms with E-state index in [0.29, 0.717) is 19.4 Å². The van der Waals surface area contributed by atoms with E-state index in [0.717, 1.165) is 18.9 Å². The van der Waals surface area contributed by atoms with Gasteiger partial charge in [-0.05, 0) is 18.9 Å². The van der Waals surface area contributed by atoms with Crippen LogP contribution in [0.2, 0.25) is 0 Å². The van der Waals surface area contributed by atoms with Crippen LogP contribution in [0.15, 0.2) is 18.2 Å². The Balaban J connectivity index is 1.86. The molecular weight excluding hydrogens is 292 g/mol. The van der Waals surface area contributed by atoms with Crippen molar-refractivity contribution in [3.63, 3.8) is 0 Å². The van der Waals surface area contributed by atoms with Crippen LogP contribution in [0.25, 0.3) is 0 Å². The fourth-order valence-corrected chi connectivity index (χ4v) is 2.10. The highest BCUT2D eigenvalue weighted by atomic mass is 16.6. The zero-order valence-electron chi connectivity index (χ0n) is 11.8. The molecule has 0 aliphatic carbocycles. The Labute approximate surface area is 126 Å². The minimum absolute atomic E-state index is 0.0288.